The van der Waals surface area contributed by atoms with Gasteiger partial charge in [-0.15, -0.1) is 0 Å². The molecule has 33 heavy (non-hydrogen) atoms. The molecular formula is C26H24N2O5. The van der Waals surface area contributed by atoms with Crippen LogP contribution in [0.15, 0.2) is 78.6 Å². The molecule has 7 heteroatoms. The zero-order valence-corrected chi connectivity index (χ0v) is 18.4. The number of aliphatic hydroxyl groups is 1. The standard InChI is InChI=1S/C26H24N2O5/c1-3-15-33-19-12-10-17(11-13-19)24(29)22-23(18-7-6-14-27-16-18)28(26(31)25(22)30)20-8-4-5-9-21(20)32-2/h4-14,16,23,29H,3,15H2,1-2H3/b24-22+. The maximum atomic E-state index is 13.2. The van der Waals surface area contributed by atoms with Crippen LogP contribution in [0.4, 0.5) is 5.69 Å². The van der Waals surface area contributed by atoms with E-state index in [1.807, 2.05) is 6.92 Å². The highest BCUT2D eigenvalue weighted by Crippen LogP contribution is 2.44. The molecule has 1 aliphatic heterocycles. The molecule has 168 valence electrons. The molecule has 0 spiro atoms. The molecule has 2 aromatic carbocycles. The molecule has 1 unspecified atom stereocenters. The summed E-state index contributed by atoms with van der Waals surface area (Å²) < 4.78 is 11.0. The molecule has 1 N–H and O–H groups in total. The number of aromatic nitrogens is 1. The fraction of sp³-hybridized carbons (Fsp3) is 0.192. The molecule has 3 aromatic rings. The van der Waals surface area contributed by atoms with Gasteiger partial charge >= 0.3 is 0 Å². The van der Waals surface area contributed by atoms with Gasteiger partial charge in [0.1, 0.15) is 17.3 Å². The summed E-state index contributed by atoms with van der Waals surface area (Å²) in [5.41, 5.74) is 1.41. The number of carbonyl (C=O) groups excluding carboxylic acids is 2. The van der Waals surface area contributed by atoms with E-state index in [4.69, 9.17) is 9.47 Å². The average Bonchev–Trinajstić information content (AvgIpc) is 3.13. The predicted molar refractivity (Wildman–Crippen MR) is 124 cm³/mol. The third-order valence-electron chi connectivity index (χ3n) is 5.39. The Morgan fingerprint density at radius 1 is 1.06 bits per heavy atom. The van der Waals surface area contributed by atoms with Crippen LogP contribution < -0.4 is 14.4 Å². The van der Waals surface area contributed by atoms with E-state index < -0.39 is 17.7 Å². The lowest BCUT2D eigenvalue weighted by Crippen LogP contribution is -2.29. The molecular weight excluding hydrogens is 420 g/mol. The quantitative estimate of drug-likeness (QED) is 0.328. The maximum Gasteiger partial charge on any atom is 0.300 e. The Kier molecular flexibility index (Phi) is 6.40. The number of Topliss-reactive ketones (excluding diaryl/α,β-unsaturated/α-hetero) is 1. The number of benzene rings is 2. The van der Waals surface area contributed by atoms with Crippen molar-refractivity contribution in [2.24, 2.45) is 0 Å². The molecule has 1 saturated heterocycles. The number of carbonyl (C=O) groups is 2. The number of hydrogen-bond acceptors (Lipinski definition) is 6. The van der Waals surface area contributed by atoms with E-state index in [1.54, 1.807) is 73.1 Å². The first-order valence-electron chi connectivity index (χ1n) is 10.6. The Labute approximate surface area is 191 Å². The van der Waals surface area contributed by atoms with Crippen LogP contribution in [0.25, 0.3) is 5.76 Å². The number of para-hydroxylation sites is 2. The van der Waals surface area contributed by atoms with Crippen molar-refractivity contribution in [3.05, 3.63) is 89.8 Å². The summed E-state index contributed by atoms with van der Waals surface area (Å²) in [5, 5.41) is 11.2. The summed E-state index contributed by atoms with van der Waals surface area (Å²) in [5.74, 6) is -0.699. The number of amides is 1. The van der Waals surface area contributed by atoms with Gasteiger partial charge < -0.3 is 14.6 Å². The van der Waals surface area contributed by atoms with Gasteiger partial charge in [-0.25, -0.2) is 0 Å². The lowest BCUT2D eigenvalue weighted by molar-refractivity contribution is -0.132. The molecule has 0 bridgehead atoms. The summed E-state index contributed by atoms with van der Waals surface area (Å²) in [6.45, 7) is 2.59. The van der Waals surface area contributed by atoms with Crippen molar-refractivity contribution >= 4 is 23.1 Å². The largest absolute Gasteiger partial charge is 0.507 e. The van der Waals surface area contributed by atoms with E-state index in [0.717, 1.165) is 6.42 Å². The summed E-state index contributed by atoms with van der Waals surface area (Å²) in [4.78, 5) is 31.9. The van der Waals surface area contributed by atoms with E-state index in [2.05, 4.69) is 4.98 Å². The number of nitrogens with zero attached hydrogens (tertiary/aromatic N) is 2. The Bertz CT molecular complexity index is 1190. The van der Waals surface area contributed by atoms with Crippen LogP contribution >= 0.6 is 0 Å². The van der Waals surface area contributed by atoms with Gasteiger partial charge in [-0.05, 0) is 54.4 Å². The number of rotatable bonds is 7. The minimum absolute atomic E-state index is 0.0128. The van der Waals surface area contributed by atoms with Gasteiger partial charge in [0.2, 0.25) is 0 Å². The van der Waals surface area contributed by atoms with Gasteiger partial charge in [0, 0.05) is 18.0 Å². The summed E-state index contributed by atoms with van der Waals surface area (Å²) in [6.07, 6.45) is 4.06. The van der Waals surface area contributed by atoms with Crippen molar-refractivity contribution in [1.29, 1.82) is 0 Å². The van der Waals surface area contributed by atoms with Crippen molar-refractivity contribution in [2.75, 3.05) is 18.6 Å². The Morgan fingerprint density at radius 2 is 1.82 bits per heavy atom. The van der Waals surface area contributed by atoms with E-state index >= 15 is 0 Å². The normalized spacial score (nSPS) is 17.3. The monoisotopic (exact) mass is 444 g/mol. The number of pyridine rings is 1. The van der Waals surface area contributed by atoms with Gasteiger partial charge in [-0.1, -0.05) is 25.1 Å². The van der Waals surface area contributed by atoms with Crippen molar-refractivity contribution < 1.29 is 24.2 Å². The highest BCUT2D eigenvalue weighted by Gasteiger charge is 2.47. The van der Waals surface area contributed by atoms with Gasteiger partial charge in [0.05, 0.1) is 31.0 Å². The van der Waals surface area contributed by atoms with E-state index in [0.29, 0.717) is 34.9 Å². The summed E-state index contributed by atoms with van der Waals surface area (Å²) >= 11 is 0. The number of hydrogen-bond donors (Lipinski definition) is 1. The SMILES string of the molecule is CCCOc1ccc(/C(O)=C2\C(=O)C(=O)N(c3ccccc3OC)C2c2cccnc2)cc1. The first-order chi connectivity index (χ1) is 16.1. The van der Waals surface area contributed by atoms with Crippen LogP contribution in [-0.2, 0) is 9.59 Å². The summed E-state index contributed by atoms with van der Waals surface area (Å²) in [7, 11) is 1.50. The second kappa shape index (κ2) is 9.56. The third kappa shape index (κ3) is 4.17. The van der Waals surface area contributed by atoms with Gasteiger partial charge in [-0.3, -0.25) is 19.5 Å². The van der Waals surface area contributed by atoms with Crippen molar-refractivity contribution in [1.82, 2.24) is 4.98 Å². The second-order valence-electron chi connectivity index (χ2n) is 7.50. The molecule has 0 saturated carbocycles. The molecule has 1 amide bonds. The average molecular weight is 444 g/mol. The highest BCUT2D eigenvalue weighted by molar-refractivity contribution is 6.51. The minimum atomic E-state index is -0.869. The van der Waals surface area contributed by atoms with Gasteiger partial charge in [0.25, 0.3) is 11.7 Å². The van der Waals surface area contributed by atoms with Crippen LogP contribution in [-0.4, -0.2) is 35.5 Å². The Hall–Kier alpha value is -4.13. The van der Waals surface area contributed by atoms with Crippen molar-refractivity contribution in [3.63, 3.8) is 0 Å². The first-order valence-corrected chi connectivity index (χ1v) is 10.6. The molecule has 4 rings (SSSR count). The highest BCUT2D eigenvalue weighted by atomic mass is 16.5. The number of ether oxygens (including phenoxy) is 2. The Balaban J connectivity index is 1.86. The zero-order valence-electron chi connectivity index (χ0n) is 18.4. The molecule has 7 nitrogen and oxygen atoms in total. The first kappa shape index (κ1) is 22.1. The fourth-order valence-electron chi connectivity index (χ4n) is 3.85. The Morgan fingerprint density at radius 3 is 2.48 bits per heavy atom. The van der Waals surface area contributed by atoms with Crippen molar-refractivity contribution in [3.8, 4) is 11.5 Å². The molecule has 1 atom stereocenters. The smallest absolute Gasteiger partial charge is 0.300 e. The lowest BCUT2D eigenvalue weighted by Gasteiger charge is -2.26. The van der Waals surface area contributed by atoms with Gasteiger partial charge in [0.15, 0.2) is 0 Å². The van der Waals surface area contributed by atoms with Gasteiger partial charge in [-0.2, -0.15) is 0 Å². The van der Waals surface area contributed by atoms with E-state index in [-0.39, 0.29) is 11.3 Å². The number of methoxy groups -OCH3 is 1. The number of aliphatic hydroxyl groups excluding tert-OH is 1. The van der Waals surface area contributed by atoms with Crippen molar-refractivity contribution in [2.45, 2.75) is 19.4 Å². The number of anilines is 1. The van der Waals surface area contributed by atoms with E-state index in [1.165, 1.54) is 12.0 Å². The molecule has 2 heterocycles. The molecule has 0 aliphatic carbocycles. The molecule has 0 radical (unpaired) electrons. The van der Waals surface area contributed by atoms with Crippen LogP contribution in [0.3, 0.4) is 0 Å². The van der Waals surface area contributed by atoms with E-state index in [9.17, 15) is 14.7 Å². The summed E-state index contributed by atoms with van der Waals surface area (Å²) in [6, 6.07) is 16.3. The van der Waals surface area contributed by atoms with Crippen LogP contribution in [0.1, 0.15) is 30.5 Å². The predicted octanol–water partition coefficient (Wildman–Crippen LogP) is 4.51. The third-order valence-corrected chi connectivity index (χ3v) is 5.39. The zero-order chi connectivity index (χ0) is 23.4. The lowest BCUT2D eigenvalue weighted by atomic mass is 9.96. The van der Waals surface area contributed by atoms with Crippen LogP contribution in [0.2, 0.25) is 0 Å². The molecule has 1 fully saturated rings. The minimum Gasteiger partial charge on any atom is -0.507 e. The molecule has 1 aliphatic rings. The van der Waals surface area contributed by atoms with Crippen LogP contribution in [0.5, 0.6) is 11.5 Å². The second-order valence-corrected chi connectivity index (χ2v) is 7.50. The maximum absolute atomic E-state index is 13.2. The number of ketones is 1. The molecule has 1 aromatic heterocycles. The fourth-order valence-corrected chi connectivity index (χ4v) is 3.85. The topological polar surface area (TPSA) is 89.0 Å². The van der Waals surface area contributed by atoms with Crippen LogP contribution in [0, 0.1) is 0 Å².